The van der Waals surface area contributed by atoms with Gasteiger partial charge in [0.15, 0.2) is 0 Å². The van der Waals surface area contributed by atoms with Crippen molar-refractivity contribution in [2.24, 2.45) is 0 Å². The Morgan fingerprint density at radius 2 is 2.10 bits per heavy atom. The Morgan fingerprint density at radius 1 is 1.24 bits per heavy atom. The third-order valence-electron chi connectivity index (χ3n) is 3.53. The van der Waals surface area contributed by atoms with Crippen LogP contribution >= 0.6 is 0 Å². The quantitative estimate of drug-likeness (QED) is 0.771. The minimum atomic E-state index is 0.241. The van der Waals surface area contributed by atoms with E-state index in [-0.39, 0.29) is 6.04 Å². The number of aryl methyl sites for hydroxylation is 2. The van der Waals surface area contributed by atoms with E-state index in [0.29, 0.717) is 0 Å². The van der Waals surface area contributed by atoms with Gasteiger partial charge in [0.25, 0.3) is 0 Å². The Bertz CT molecular complexity index is 757. The van der Waals surface area contributed by atoms with E-state index in [0.717, 1.165) is 34.5 Å². The largest absolute Gasteiger partial charge is 0.367 e. The van der Waals surface area contributed by atoms with Gasteiger partial charge in [-0.15, -0.1) is 0 Å². The van der Waals surface area contributed by atoms with Crippen LogP contribution in [0.3, 0.4) is 0 Å². The van der Waals surface area contributed by atoms with Crippen LogP contribution in [0.15, 0.2) is 30.6 Å². The van der Waals surface area contributed by atoms with E-state index in [9.17, 15) is 0 Å². The predicted molar refractivity (Wildman–Crippen MR) is 84.4 cm³/mol. The highest BCUT2D eigenvalue weighted by Crippen LogP contribution is 2.23. The van der Waals surface area contributed by atoms with Gasteiger partial charge in [0, 0.05) is 23.5 Å². The summed E-state index contributed by atoms with van der Waals surface area (Å²) < 4.78 is 0. The van der Waals surface area contributed by atoms with Crippen molar-refractivity contribution in [2.75, 3.05) is 5.32 Å². The van der Waals surface area contributed by atoms with E-state index in [1.165, 1.54) is 5.56 Å². The van der Waals surface area contributed by atoms with E-state index in [4.69, 9.17) is 0 Å². The van der Waals surface area contributed by atoms with Gasteiger partial charge < -0.3 is 5.32 Å². The normalized spacial score (nSPS) is 12.5. The molecule has 1 unspecified atom stereocenters. The topological polar surface area (TPSA) is 66.5 Å². The van der Waals surface area contributed by atoms with Gasteiger partial charge in [-0.05, 0) is 38.5 Å². The van der Waals surface area contributed by atoms with Crippen molar-refractivity contribution in [1.29, 1.82) is 0 Å². The molecule has 2 heterocycles. The molecule has 0 aliphatic rings. The number of H-pyrrole nitrogens is 1. The molecule has 21 heavy (non-hydrogen) atoms. The summed E-state index contributed by atoms with van der Waals surface area (Å²) in [6, 6.07) is 8.42. The summed E-state index contributed by atoms with van der Waals surface area (Å²) in [5, 5.41) is 11.8. The minimum Gasteiger partial charge on any atom is -0.367 e. The minimum absolute atomic E-state index is 0.241. The van der Waals surface area contributed by atoms with Crippen LogP contribution in [0.2, 0.25) is 0 Å². The first kappa shape index (κ1) is 13.5. The van der Waals surface area contributed by atoms with E-state index in [1.54, 1.807) is 6.33 Å². The summed E-state index contributed by atoms with van der Waals surface area (Å²) in [6.45, 7) is 6.23. The van der Waals surface area contributed by atoms with Crippen molar-refractivity contribution in [2.45, 2.75) is 33.2 Å². The molecular weight excluding hydrogens is 262 g/mol. The molecule has 1 atom stereocenters. The Morgan fingerprint density at radius 3 is 2.86 bits per heavy atom. The lowest BCUT2D eigenvalue weighted by molar-refractivity contribution is 0.761. The molecule has 0 aliphatic carbocycles. The number of fused-ring (bicyclic) bond motifs is 1. The number of hydrogen-bond acceptors (Lipinski definition) is 4. The highest BCUT2D eigenvalue weighted by atomic mass is 15.1. The summed E-state index contributed by atoms with van der Waals surface area (Å²) in [6.07, 6.45) is 2.46. The number of nitrogens with zero attached hydrogens (tertiary/aromatic N) is 3. The lowest BCUT2D eigenvalue weighted by Gasteiger charge is -2.15. The molecule has 0 amide bonds. The van der Waals surface area contributed by atoms with Crippen molar-refractivity contribution in [3.63, 3.8) is 0 Å². The maximum atomic E-state index is 4.40. The van der Waals surface area contributed by atoms with E-state index < -0.39 is 0 Å². The molecule has 0 bridgehead atoms. The first-order valence-electron chi connectivity index (χ1n) is 7.11. The van der Waals surface area contributed by atoms with Gasteiger partial charge in [0.05, 0.1) is 11.2 Å². The van der Waals surface area contributed by atoms with Crippen LogP contribution in [0, 0.1) is 13.8 Å². The highest BCUT2D eigenvalue weighted by Gasteiger charge is 2.11. The highest BCUT2D eigenvalue weighted by molar-refractivity contribution is 5.91. The van der Waals surface area contributed by atoms with Crippen molar-refractivity contribution in [1.82, 2.24) is 20.2 Å². The number of rotatable bonds is 4. The number of benzene rings is 1. The smallest absolute Gasteiger partial charge is 0.137 e. The fraction of sp³-hybridized carbons (Fsp3) is 0.312. The van der Waals surface area contributed by atoms with E-state index in [1.807, 2.05) is 19.1 Å². The van der Waals surface area contributed by atoms with Crippen LogP contribution in [0.25, 0.3) is 10.9 Å². The van der Waals surface area contributed by atoms with Gasteiger partial charge >= 0.3 is 0 Å². The monoisotopic (exact) mass is 281 g/mol. The maximum Gasteiger partial charge on any atom is 0.137 e. The Labute approximate surface area is 123 Å². The zero-order valence-corrected chi connectivity index (χ0v) is 12.5. The van der Waals surface area contributed by atoms with Crippen LogP contribution < -0.4 is 5.32 Å². The molecule has 3 aromatic rings. The molecule has 5 nitrogen and oxygen atoms in total. The van der Waals surface area contributed by atoms with Gasteiger partial charge in [-0.2, -0.15) is 5.10 Å². The molecule has 0 radical (unpaired) electrons. The molecule has 0 fully saturated rings. The summed E-state index contributed by atoms with van der Waals surface area (Å²) in [7, 11) is 0. The molecule has 0 saturated carbocycles. The third kappa shape index (κ3) is 2.86. The van der Waals surface area contributed by atoms with Crippen LogP contribution in [0.4, 0.5) is 5.82 Å². The SMILES string of the molecule is Cc1cc(CC(C)Nc2ncnc3cccc(C)c23)n[nH]1. The van der Waals surface area contributed by atoms with Gasteiger partial charge in [-0.1, -0.05) is 12.1 Å². The van der Waals surface area contributed by atoms with Crippen molar-refractivity contribution < 1.29 is 0 Å². The second-order valence-electron chi connectivity index (χ2n) is 5.48. The average Bonchev–Trinajstić information content (AvgIpc) is 2.84. The molecule has 0 saturated heterocycles. The Balaban J connectivity index is 1.84. The molecule has 2 aromatic heterocycles. The molecule has 2 N–H and O–H groups in total. The van der Waals surface area contributed by atoms with Crippen LogP contribution in [-0.2, 0) is 6.42 Å². The third-order valence-corrected chi connectivity index (χ3v) is 3.53. The standard InChI is InChI=1S/C16H19N5/c1-10-5-4-6-14-15(10)16(18-9-17-14)19-11(2)7-13-8-12(3)20-21-13/h4-6,8-9,11H,7H2,1-3H3,(H,20,21)(H,17,18,19). The van der Waals surface area contributed by atoms with Gasteiger partial charge in [0.2, 0.25) is 0 Å². The molecule has 5 heteroatoms. The number of aromatic nitrogens is 4. The molecular formula is C16H19N5. The zero-order chi connectivity index (χ0) is 14.8. The lowest BCUT2D eigenvalue weighted by Crippen LogP contribution is -2.19. The van der Waals surface area contributed by atoms with Gasteiger partial charge in [-0.25, -0.2) is 9.97 Å². The number of hydrogen-bond donors (Lipinski definition) is 2. The number of anilines is 1. The Kier molecular flexibility index (Phi) is 3.56. The van der Waals surface area contributed by atoms with Crippen LogP contribution in [0.1, 0.15) is 23.9 Å². The second kappa shape index (κ2) is 5.52. The van der Waals surface area contributed by atoms with Crippen molar-refractivity contribution in [3.05, 3.63) is 47.5 Å². The molecule has 108 valence electrons. The first-order valence-corrected chi connectivity index (χ1v) is 7.11. The summed E-state index contributed by atoms with van der Waals surface area (Å²) in [4.78, 5) is 8.73. The van der Waals surface area contributed by atoms with Crippen molar-refractivity contribution in [3.8, 4) is 0 Å². The van der Waals surface area contributed by atoms with Crippen molar-refractivity contribution >= 4 is 16.7 Å². The van der Waals surface area contributed by atoms with Crippen LogP contribution in [-0.4, -0.2) is 26.2 Å². The average molecular weight is 281 g/mol. The number of aromatic amines is 1. The van der Waals surface area contributed by atoms with E-state index >= 15 is 0 Å². The predicted octanol–water partition coefficient (Wildman–Crippen LogP) is 3.01. The second-order valence-corrected chi connectivity index (χ2v) is 5.48. The molecule has 1 aromatic carbocycles. The lowest BCUT2D eigenvalue weighted by atomic mass is 10.1. The molecule has 0 aliphatic heterocycles. The van der Waals surface area contributed by atoms with E-state index in [2.05, 4.69) is 51.5 Å². The first-order chi connectivity index (χ1) is 10.1. The molecule has 3 rings (SSSR count). The zero-order valence-electron chi connectivity index (χ0n) is 12.5. The van der Waals surface area contributed by atoms with Gasteiger partial charge in [0.1, 0.15) is 12.1 Å². The summed E-state index contributed by atoms with van der Waals surface area (Å²) >= 11 is 0. The van der Waals surface area contributed by atoms with Gasteiger partial charge in [-0.3, -0.25) is 5.10 Å². The summed E-state index contributed by atoms with van der Waals surface area (Å²) in [5.41, 5.74) is 4.29. The summed E-state index contributed by atoms with van der Waals surface area (Å²) in [5.74, 6) is 0.887. The fourth-order valence-corrected chi connectivity index (χ4v) is 2.57. The fourth-order valence-electron chi connectivity index (χ4n) is 2.57. The van der Waals surface area contributed by atoms with Crippen LogP contribution in [0.5, 0.6) is 0 Å². The maximum absolute atomic E-state index is 4.40. The molecule has 0 spiro atoms. The Hall–Kier alpha value is -2.43. The number of nitrogens with one attached hydrogen (secondary N) is 2.